The molecule has 7 nitrogen and oxygen atoms in total. The largest absolute Gasteiger partial charge is 0.481 e. The van der Waals surface area contributed by atoms with Crippen LogP contribution in [-0.4, -0.2) is 61.9 Å². The van der Waals surface area contributed by atoms with Crippen LogP contribution in [0.5, 0.6) is 0 Å². The Hall–Kier alpha value is -1.90. The first-order chi connectivity index (χ1) is 17.7. The monoisotopic (exact) mass is 536 g/mol. The molecule has 4 N–H and O–H groups in total. The molecular weight excluding hydrogens is 491 g/mol. The quantitative estimate of drug-likeness (QED) is 0.384. The van der Waals surface area contributed by atoms with E-state index >= 15 is 4.39 Å². The fraction of sp³-hybridized carbons (Fsp3) is 0.767. The molecule has 0 aromatic carbocycles. The summed E-state index contributed by atoms with van der Waals surface area (Å²) in [5.74, 6) is -2.86. The lowest BCUT2D eigenvalue weighted by Gasteiger charge is -2.62. The molecule has 8 heteroatoms. The van der Waals surface area contributed by atoms with Crippen molar-refractivity contribution in [3.63, 3.8) is 0 Å². The highest BCUT2D eigenvalue weighted by atomic mass is 19.1. The first-order valence-electron chi connectivity index (χ1n) is 14.1. The molecule has 0 aromatic rings. The zero-order valence-corrected chi connectivity index (χ0v) is 23.4. The summed E-state index contributed by atoms with van der Waals surface area (Å²) in [6.45, 7) is 8.52. The number of allylic oxidation sites excluding steroid dienone is 4. The van der Waals surface area contributed by atoms with Gasteiger partial charge >= 0.3 is 5.97 Å². The van der Waals surface area contributed by atoms with E-state index in [0.29, 0.717) is 24.8 Å². The van der Waals surface area contributed by atoms with Gasteiger partial charge in [0.25, 0.3) is 0 Å². The lowest BCUT2D eigenvalue weighted by Crippen LogP contribution is -2.69. The van der Waals surface area contributed by atoms with E-state index < -0.39 is 58.4 Å². The van der Waals surface area contributed by atoms with E-state index in [-0.39, 0.29) is 24.0 Å². The van der Waals surface area contributed by atoms with E-state index in [1.54, 1.807) is 26.8 Å². The molecule has 0 spiro atoms. The summed E-state index contributed by atoms with van der Waals surface area (Å²) in [6, 6.07) is 0. The number of aliphatic hydroxyl groups is 3. The van der Waals surface area contributed by atoms with Gasteiger partial charge in [0.1, 0.15) is 12.2 Å². The zero-order chi connectivity index (χ0) is 28.7. The molecule has 0 saturated heterocycles. The van der Waals surface area contributed by atoms with Crippen LogP contribution in [-0.2, 0) is 14.4 Å². The smallest absolute Gasteiger partial charge is 0.306 e. The highest BCUT2D eigenvalue weighted by Gasteiger charge is 2.75. The Morgan fingerprint density at radius 1 is 1.16 bits per heavy atom. The normalized spacial score (nSPS) is 41.4. The summed E-state index contributed by atoms with van der Waals surface area (Å²) >= 11 is 0. The van der Waals surface area contributed by atoms with Crippen molar-refractivity contribution >= 4 is 17.5 Å². The second kappa shape index (κ2) is 10.9. The molecule has 4 rings (SSSR count). The highest BCUT2D eigenvalue weighted by Crippen LogP contribution is 2.70. The second-order valence-corrected chi connectivity index (χ2v) is 12.4. The third-order valence-corrected chi connectivity index (χ3v) is 10.4. The van der Waals surface area contributed by atoms with Gasteiger partial charge in [-0.1, -0.05) is 52.2 Å². The fourth-order valence-corrected chi connectivity index (χ4v) is 8.35. The summed E-state index contributed by atoms with van der Waals surface area (Å²) in [7, 11) is 0. The Morgan fingerprint density at radius 3 is 2.29 bits per heavy atom. The Morgan fingerprint density at radius 2 is 1.76 bits per heavy atom. The van der Waals surface area contributed by atoms with Crippen molar-refractivity contribution in [3.05, 3.63) is 23.8 Å². The minimum absolute atomic E-state index is 0.0676. The molecule has 0 unspecified atom stereocenters. The van der Waals surface area contributed by atoms with Gasteiger partial charge in [-0.2, -0.15) is 0 Å². The number of aliphatic carboxylic acids is 1. The minimum atomic E-state index is -1.98. The van der Waals surface area contributed by atoms with Gasteiger partial charge < -0.3 is 20.4 Å². The van der Waals surface area contributed by atoms with Gasteiger partial charge in [-0.25, -0.2) is 4.39 Å². The maximum atomic E-state index is 16.9. The zero-order valence-electron chi connectivity index (χ0n) is 23.4. The molecule has 4 aliphatic carbocycles. The van der Waals surface area contributed by atoms with Crippen LogP contribution in [0.15, 0.2) is 23.8 Å². The molecule has 214 valence electrons. The van der Waals surface area contributed by atoms with Crippen LogP contribution in [0.2, 0.25) is 0 Å². The number of alkyl halides is 1. The van der Waals surface area contributed by atoms with Crippen molar-refractivity contribution in [2.45, 2.75) is 103 Å². The lowest BCUT2D eigenvalue weighted by molar-refractivity contribution is -0.219. The van der Waals surface area contributed by atoms with Crippen molar-refractivity contribution in [1.82, 2.24) is 0 Å². The summed E-state index contributed by atoms with van der Waals surface area (Å²) < 4.78 is 16.9. The minimum Gasteiger partial charge on any atom is -0.481 e. The number of aliphatic hydroxyl groups excluding tert-OH is 2. The van der Waals surface area contributed by atoms with Crippen LogP contribution >= 0.6 is 0 Å². The van der Waals surface area contributed by atoms with Gasteiger partial charge in [0.2, 0.25) is 0 Å². The van der Waals surface area contributed by atoms with Crippen molar-refractivity contribution < 1.29 is 39.2 Å². The van der Waals surface area contributed by atoms with E-state index in [4.69, 9.17) is 5.11 Å². The molecule has 0 heterocycles. The Bertz CT molecular complexity index is 1000. The Balaban J connectivity index is 0.000000342. The number of carbonyl (C=O) groups is 3. The van der Waals surface area contributed by atoms with Crippen molar-refractivity contribution in [2.75, 3.05) is 6.61 Å². The van der Waals surface area contributed by atoms with E-state index in [9.17, 15) is 29.7 Å². The first-order valence-corrected chi connectivity index (χ1v) is 14.1. The van der Waals surface area contributed by atoms with Gasteiger partial charge in [-0.05, 0) is 69.4 Å². The average Bonchev–Trinajstić information content (AvgIpc) is 3.06. The standard InChI is InChI=1S/C22H29FO5.C8H16O2/c1-12-8-16-15-5-4-13-9-14(25)6-7-19(13,2)21(15,23)17(26)10-20(16,3)22(12,28)18(27)11-24;1-3-5-7(6-4-2)8(9)10/h6-7,9,12,15-17,24,26,28H,4-5,8,10-11H2,1-3H3;7H,3-6H2,1-2H3,(H,9,10)/t12-,15+,16+,17+,19+,20+,21+,22+;/m1./s1. The summed E-state index contributed by atoms with van der Waals surface area (Å²) in [4.78, 5) is 34.9. The fourth-order valence-electron chi connectivity index (χ4n) is 8.35. The van der Waals surface area contributed by atoms with Crippen molar-refractivity contribution in [3.8, 4) is 0 Å². The number of hydrogen-bond acceptors (Lipinski definition) is 6. The number of carboxylic acids is 1. The number of fused-ring (bicyclic) bond motifs is 5. The van der Waals surface area contributed by atoms with E-state index in [2.05, 4.69) is 0 Å². The van der Waals surface area contributed by atoms with Crippen molar-refractivity contribution in [2.24, 2.45) is 34.5 Å². The summed E-state index contributed by atoms with van der Waals surface area (Å²) in [6.07, 6.45) is 8.02. The van der Waals surface area contributed by atoms with E-state index in [0.717, 1.165) is 25.7 Å². The molecule has 0 radical (unpaired) electrons. The maximum Gasteiger partial charge on any atom is 0.306 e. The molecule has 4 aliphatic rings. The predicted molar refractivity (Wildman–Crippen MR) is 141 cm³/mol. The lowest BCUT2D eigenvalue weighted by atomic mass is 9.44. The number of carbonyl (C=O) groups excluding carboxylic acids is 2. The molecule has 38 heavy (non-hydrogen) atoms. The van der Waals surface area contributed by atoms with E-state index in [1.807, 2.05) is 13.8 Å². The topological polar surface area (TPSA) is 132 Å². The first kappa shape index (κ1) is 30.6. The summed E-state index contributed by atoms with van der Waals surface area (Å²) in [5.41, 5.74) is -5.17. The molecule has 0 aliphatic heterocycles. The van der Waals surface area contributed by atoms with E-state index in [1.165, 1.54) is 12.2 Å². The molecular formula is C30H45FO7. The maximum absolute atomic E-state index is 16.9. The number of hydrogen-bond donors (Lipinski definition) is 4. The molecule has 3 saturated carbocycles. The number of Topliss-reactive ketones (excluding diaryl/α,β-unsaturated/α-hetero) is 1. The predicted octanol–water partition coefficient (Wildman–Crippen LogP) is 4.18. The van der Waals surface area contributed by atoms with Gasteiger partial charge in [-0.15, -0.1) is 0 Å². The third-order valence-electron chi connectivity index (χ3n) is 10.4. The van der Waals surface area contributed by atoms with Crippen LogP contribution in [0.4, 0.5) is 4.39 Å². The number of carboxylic acid groups (broad SMARTS) is 1. The molecule has 0 amide bonds. The van der Waals surface area contributed by atoms with Gasteiger partial charge in [0, 0.05) is 16.7 Å². The SMILES string of the molecule is CCCC(CCC)C(=O)O.C[C@@H]1C[C@H]2[C@@H]3CCC4=CC(=O)C=C[C@]4(C)[C@@]3(F)[C@@H](O)C[C@]2(C)[C@@]1(O)C(=O)CO. The van der Waals surface area contributed by atoms with Gasteiger partial charge in [-0.3, -0.25) is 14.4 Å². The molecule has 3 fully saturated rings. The number of rotatable bonds is 7. The Labute approximate surface area is 225 Å². The van der Waals surface area contributed by atoms with Crippen LogP contribution < -0.4 is 0 Å². The molecule has 0 aromatic heterocycles. The van der Waals surface area contributed by atoms with Crippen LogP contribution in [0, 0.1) is 34.5 Å². The van der Waals surface area contributed by atoms with Gasteiger partial charge in [0.15, 0.2) is 17.2 Å². The third kappa shape index (κ3) is 4.40. The number of ketones is 2. The van der Waals surface area contributed by atoms with Gasteiger partial charge in [0.05, 0.1) is 12.0 Å². The second-order valence-electron chi connectivity index (χ2n) is 12.4. The molecule has 8 atom stereocenters. The van der Waals surface area contributed by atoms with Crippen LogP contribution in [0.1, 0.15) is 86.0 Å². The summed E-state index contributed by atoms with van der Waals surface area (Å²) in [5, 5.41) is 40.6. The molecule has 0 bridgehead atoms. The number of halogens is 1. The highest BCUT2D eigenvalue weighted by molar-refractivity contribution is 6.01. The van der Waals surface area contributed by atoms with Crippen molar-refractivity contribution in [1.29, 1.82) is 0 Å². The Kier molecular flexibility index (Phi) is 8.81. The van der Waals surface area contributed by atoms with Crippen LogP contribution in [0.3, 0.4) is 0 Å². The van der Waals surface area contributed by atoms with Crippen LogP contribution in [0.25, 0.3) is 0 Å². The average molecular weight is 537 g/mol.